The van der Waals surface area contributed by atoms with Crippen LogP contribution in [0.3, 0.4) is 0 Å². The van der Waals surface area contributed by atoms with Crippen molar-refractivity contribution in [2.24, 2.45) is 0 Å². The van der Waals surface area contributed by atoms with E-state index < -0.39 is 10.0 Å². The number of halogens is 1. The molecular formula is C22H21ClN2O4S. The molecule has 156 valence electrons. The summed E-state index contributed by atoms with van der Waals surface area (Å²) < 4.78 is 31.5. The van der Waals surface area contributed by atoms with Gasteiger partial charge in [0.05, 0.1) is 22.2 Å². The molecule has 2 aromatic carbocycles. The third-order valence-electron chi connectivity index (χ3n) is 5.03. The highest BCUT2D eigenvalue weighted by Gasteiger charge is 2.28. The fraction of sp³-hybridized carbons (Fsp3) is 0.227. The highest BCUT2D eigenvalue weighted by molar-refractivity contribution is 7.93. The van der Waals surface area contributed by atoms with E-state index in [0.29, 0.717) is 35.8 Å². The standard InChI is InChI=1S/C22H21ClN2O4S/c1-2-20-17(16-6-3-4-7-21(16)29-20)9-11-22(26)24-19-14-15(8-10-18(19)23)25-12-5-13-30(25,27)28/h3-4,6-11,14H,2,5,12-13H2,1H3,(H,24,26)/b11-9+. The van der Waals surface area contributed by atoms with Gasteiger partial charge < -0.3 is 9.73 Å². The number of nitrogens with one attached hydrogen (secondary N) is 1. The van der Waals surface area contributed by atoms with Crippen molar-refractivity contribution in [1.29, 1.82) is 0 Å². The molecular weight excluding hydrogens is 424 g/mol. The van der Waals surface area contributed by atoms with Crippen LogP contribution in [-0.2, 0) is 21.2 Å². The molecule has 1 aliphatic rings. The summed E-state index contributed by atoms with van der Waals surface area (Å²) in [4.78, 5) is 12.5. The molecule has 3 aromatic rings. The van der Waals surface area contributed by atoms with Gasteiger partial charge in [-0.1, -0.05) is 36.7 Å². The van der Waals surface area contributed by atoms with E-state index in [2.05, 4.69) is 5.32 Å². The Hall–Kier alpha value is -2.77. The van der Waals surface area contributed by atoms with Gasteiger partial charge in [-0.15, -0.1) is 0 Å². The molecule has 0 aliphatic carbocycles. The third-order valence-corrected chi connectivity index (χ3v) is 7.23. The average molecular weight is 445 g/mol. The SMILES string of the molecule is CCc1oc2ccccc2c1/C=C/C(=O)Nc1cc(N2CCCS2(=O)=O)ccc1Cl. The monoisotopic (exact) mass is 444 g/mol. The number of furan rings is 1. The number of benzene rings is 2. The maximum Gasteiger partial charge on any atom is 0.248 e. The van der Waals surface area contributed by atoms with Crippen molar-refractivity contribution < 1.29 is 17.6 Å². The smallest absolute Gasteiger partial charge is 0.248 e. The number of carbonyl (C=O) groups is 1. The van der Waals surface area contributed by atoms with Crippen LogP contribution >= 0.6 is 11.6 Å². The molecule has 1 aliphatic heterocycles. The van der Waals surface area contributed by atoms with Gasteiger partial charge in [-0.05, 0) is 36.8 Å². The molecule has 6 nitrogen and oxygen atoms in total. The van der Waals surface area contributed by atoms with Crippen LogP contribution in [0.4, 0.5) is 11.4 Å². The Bertz CT molecular complexity index is 1250. The van der Waals surface area contributed by atoms with Crippen molar-refractivity contribution in [3.8, 4) is 0 Å². The van der Waals surface area contributed by atoms with Crippen molar-refractivity contribution in [2.75, 3.05) is 21.9 Å². The molecule has 0 radical (unpaired) electrons. The molecule has 1 N–H and O–H groups in total. The van der Waals surface area contributed by atoms with E-state index in [1.54, 1.807) is 24.3 Å². The molecule has 1 aromatic heterocycles. The highest BCUT2D eigenvalue weighted by Crippen LogP contribution is 2.31. The molecule has 0 spiro atoms. The van der Waals surface area contributed by atoms with Crippen molar-refractivity contribution in [1.82, 2.24) is 0 Å². The Balaban J connectivity index is 1.57. The molecule has 0 bridgehead atoms. The van der Waals surface area contributed by atoms with E-state index in [-0.39, 0.29) is 11.7 Å². The number of sulfonamides is 1. The van der Waals surface area contributed by atoms with Crippen LogP contribution in [0, 0.1) is 0 Å². The lowest BCUT2D eigenvalue weighted by atomic mass is 10.1. The van der Waals surface area contributed by atoms with E-state index in [9.17, 15) is 13.2 Å². The molecule has 8 heteroatoms. The molecule has 1 saturated heterocycles. The minimum absolute atomic E-state index is 0.123. The quantitative estimate of drug-likeness (QED) is 0.571. The largest absolute Gasteiger partial charge is 0.460 e. The number of amides is 1. The van der Waals surface area contributed by atoms with Crippen LogP contribution in [0.25, 0.3) is 17.0 Å². The number of aryl methyl sites for hydroxylation is 1. The van der Waals surface area contributed by atoms with E-state index in [1.807, 2.05) is 31.2 Å². The summed E-state index contributed by atoms with van der Waals surface area (Å²) in [6.07, 6.45) is 4.43. The number of anilines is 2. The van der Waals surface area contributed by atoms with Crippen molar-refractivity contribution in [2.45, 2.75) is 19.8 Å². The second kappa shape index (κ2) is 8.16. The van der Waals surface area contributed by atoms with Gasteiger partial charge in [0.1, 0.15) is 11.3 Å². The first-order valence-corrected chi connectivity index (χ1v) is 11.7. The maximum atomic E-state index is 12.5. The van der Waals surface area contributed by atoms with Crippen LogP contribution in [-0.4, -0.2) is 26.6 Å². The maximum absolute atomic E-state index is 12.5. The van der Waals surface area contributed by atoms with Gasteiger partial charge in [-0.2, -0.15) is 0 Å². The van der Waals surface area contributed by atoms with Crippen molar-refractivity contribution in [3.05, 3.63) is 64.9 Å². The minimum Gasteiger partial charge on any atom is -0.460 e. The van der Waals surface area contributed by atoms with Gasteiger partial charge in [0, 0.05) is 30.0 Å². The molecule has 30 heavy (non-hydrogen) atoms. The minimum atomic E-state index is -3.31. The molecule has 0 unspecified atom stereocenters. The van der Waals surface area contributed by atoms with E-state index >= 15 is 0 Å². The van der Waals surface area contributed by atoms with E-state index in [0.717, 1.165) is 22.3 Å². The number of fused-ring (bicyclic) bond motifs is 1. The first-order chi connectivity index (χ1) is 14.4. The first kappa shape index (κ1) is 20.5. The van der Waals surface area contributed by atoms with Crippen LogP contribution in [0.1, 0.15) is 24.7 Å². The van der Waals surface area contributed by atoms with Gasteiger partial charge in [-0.3, -0.25) is 9.10 Å². The zero-order chi connectivity index (χ0) is 21.3. The predicted octanol–water partition coefficient (Wildman–Crippen LogP) is 4.84. The van der Waals surface area contributed by atoms with Gasteiger partial charge in [-0.25, -0.2) is 8.42 Å². The number of nitrogens with zero attached hydrogens (tertiary/aromatic N) is 1. The summed E-state index contributed by atoms with van der Waals surface area (Å²) in [7, 11) is -3.31. The fourth-order valence-corrected chi connectivity index (χ4v) is 5.31. The summed E-state index contributed by atoms with van der Waals surface area (Å²) in [5, 5.41) is 4.02. The second-order valence-electron chi connectivity index (χ2n) is 7.02. The number of carbonyl (C=O) groups excluding carboxylic acids is 1. The normalized spacial score (nSPS) is 15.9. The van der Waals surface area contributed by atoms with Gasteiger partial charge in [0.2, 0.25) is 15.9 Å². The lowest BCUT2D eigenvalue weighted by Gasteiger charge is -2.18. The van der Waals surface area contributed by atoms with E-state index in [1.165, 1.54) is 10.4 Å². The third kappa shape index (κ3) is 3.95. The van der Waals surface area contributed by atoms with Crippen LogP contribution in [0.2, 0.25) is 5.02 Å². The summed E-state index contributed by atoms with van der Waals surface area (Å²) >= 11 is 6.22. The number of hydrogen-bond acceptors (Lipinski definition) is 4. The second-order valence-corrected chi connectivity index (χ2v) is 9.44. The van der Waals surface area contributed by atoms with E-state index in [4.69, 9.17) is 16.0 Å². The van der Waals surface area contributed by atoms with Crippen molar-refractivity contribution in [3.63, 3.8) is 0 Å². The topological polar surface area (TPSA) is 79.6 Å². The van der Waals surface area contributed by atoms with Gasteiger partial charge in [0.25, 0.3) is 0 Å². The molecule has 4 rings (SSSR count). The van der Waals surface area contributed by atoms with Crippen molar-refractivity contribution >= 4 is 56.0 Å². The zero-order valence-electron chi connectivity index (χ0n) is 16.4. The highest BCUT2D eigenvalue weighted by atomic mass is 35.5. The lowest BCUT2D eigenvalue weighted by Crippen LogP contribution is -2.25. The Morgan fingerprint density at radius 3 is 2.80 bits per heavy atom. The summed E-state index contributed by atoms with van der Waals surface area (Å²) in [5.41, 5.74) is 2.49. The molecule has 1 fully saturated rings. The fourth-order valence-electron chi connectivity index (χ4n) is 3.59. The Morgan fingerprint density at radius 1 is 1.27 bits per heavy atom. The number of rotatable bonds is 5. The molecule has 2 heterocycles. The Kier molecular flexibility index (Phi) is 5.58. The molecule has 0 atom stereocenters. The van der Waals surface area contributed by atoms with Crippen LogP contribution in [0.15, 0.2) is 53.0 Å². The molecule has 0 saturated carbocycles. The zero-order valence-corrected chi connectivity index (χ0v) is 18.0. The van der Waals surface area contributed by atoms with Gasteiger partial charge in [0.15, 0.2) is 0 Å². The predicted molar refractivity (Wildman–Crippen MR) is 120 cm³/mol. The van der Waals surface area contributed by atoms with Crippen LogP contribution < -0.4 is 9.62 Å². The summed E-state index contributed by atoms with van der Waals surface area (Å²) in [5.74, 6) is 0.559. The Morgan fingerprint density at radius 2 is 2.07 bits per heavy atom. The number of para-hydroxylation sites is 1. The molecule has 1 amide bonds. The first-order valence-electron chi connectivity index (χ1n) is 9.68. The Labute approximate surface area is 180 Å². The lowest BCUT2D eigenvalue weighted by molar-refractivity contribution is -0.111. The average Bonchev–Trinajstić information content (AvgIpc) is 3.27. The van der Waals surface area contributed by atoms with Crippen LogP contribution in [0.5, 0.6) is 0 Å². The summed E-state index contributed by atoms with van der Waals surface area (Å²) in [6.45, 7) is 2.41. The summed E-state index contributed by atoms with van der Waals surface area (Å²) in [6, 6.07) is 12.5. The van der Waals surface area contributed by atoms with Gasteiger partial charge >= 0.3 is 0 Å². The number of hydrogen-bond donors (Lipinski definition) is 1.